The topological polar surface area (TPSA) is 59.0 Å². The Morgan fingerprint density at radius 2 is 2.30 bits per heavy atom. The van der Waals surface area contributed by atoms with Gasteiger partial charge in [0.2, 0.25) is 5.91 Å². The molecule has 1 amide bonds. The Bertz CT molecular complexity index is 569. The van der Waals surface area contributed by atoms with Gasteiger partial charge in [0.1, 0.15) is 0 Å². The largest absolute Gasteiger partial charge is 0.323 e. The Morgan fingerprint density at radius 1 is 1.45 bits per heavy atom. The molecular formula is C14H17ClN4O. The first-order valence-electron chi connectivity index (χ1n) is 6.51. The van der Waals surface area contributed by atoms with Gasteiger partial charge in [0.05, 0.1) is 17.9 Å². The summed E-state index contributed by atoms with van der Waals surface area (Å²) in [5.41, 5.74) is 1.42. The second-order valence-corrected chi connectivity index (χ2v) is 4.77. The molecule has 0 bridgehead atoms. The van der Waals surface area contributed by atoms with Crippen LogP contribution in [0.25, 0.3) is 5.69 Å². The van der Waals surface area contributed by atoms with E-state index in [-0.39, 0.29) is 12.5 Å². The molecule has 2 N–H and O–H groups in total. The number of nitrogens with one attached hydrogen (secondary N) is 2. The summed E-state index contributed by atoms with van der Waals surface area (Å²) in [6, 6.07) is 7.13. The molecular weight excluding hydrogens is 276 g/mol. The van der Waals surface area contributed by atoms with Crippen LogP contribution in [0, 0.1) is 0 Å². The van der Waals surface area contributed by atoms with Gasteiger partial charge in [-0.05, 0) is 37.2 Å². The van der Waals surface area contributed by atoms with Crippen LogP contribution in [0.15, 0.2) is 36.7 Å². The third kappa shape index (κ3) is 3.82. The summed E-state index contributed by atoms with van der Waals surface area (Å²) < 4.78 is 1.69. The monoisotopic (exact) mass is 292 g/mol. The fourth-order valence-corrected chi connectivity index (χ4v) is 1.96. The third-order valence-electron chi connectivity index (χ3n) is 2.70. The Balaban J connectivity index is 2.14. The quantitative estimate of drug-likeness (QED) is 0.804. The average Bonchev–Trinajstić information content (AvgIpc) is 2.93. The first kappa shape index (κ1) is 14.6. The fraction of sp³-hybridized carbons (Fsp3) is 0.286. The van der Waals surface area contributed by atoms with Crippen LogP contribution in [0.4, 0.5) is 5.69 Å². The first-order chi connectivity index (χ1) is 9.70. The smallest absolute Gasteiger partial charge is 0.238 e. The summed E-state index contributed by atoms with van der Waals surface area (Å²) in [5, 5.41) is 10.6. The molecule has 1 aromatic heterocycles. The summed E-state index contributed by atoms with van der Waals surface area (Å²) in [4.78, 5) is 11.9. The lowest BCUT2D eigenvalue weighted by Crippen LogP contribution is -2.28. The molecule has 0 aliphatic carbocycles. The van der Waals surface area contributed by atoms with Gasteiger partial charge in [0.15, 0.2) is 0 Å². The van der Waals surface area contributed by atoms with Gasteiger partial charge in [-0.2, -0.15) is 5.10 Å². The highest BCUT2D eigenvalue weighted by molar-refractivity contribution is 6.31. The number of carbonyl (C=O) groups is 1. The van der Waals surface area contributed by atoms with Gasteiger partial charge in [-0.1, -0.05) is 18.5 Å². The Labute approximate surface area is 122 Å². The number of rotatable bonds is 6. The van der Waals surface area contributed by atoms with Crippen molar-refractivity contribution in [1.29, 1.82) is 0 Å². The Hall–Kier alpha value is -1.85. The van der Waals surface area contributed by atoms with Crippen molar-refractivity contribution in [3.05, 3.63) is 41.7 Å². The van der Waals surface area contributed by atoms with Crippen molar-refractivity contribution in [2.75, 3.05) is 18.4 Å². The number of anilines is 1. The van der Waals surface area contributed by atoms with Crippen molar-refractivity contribution in [2.45, 2.75) is 13.3 Å². The fourth-order valence-electron chi connectivity index (χ4n) is 1.79. The lowest BCUT2D eigenvalue weighted by molar-refractivity contribution is -0.115. The lowest BCUT2D eigenvalue weighted by atomic mass is 10.2. The maximum Gasteiger partial charge on any atom is 0.238 e. The standard InChI is InChI=1S/C14H17ClN4O/c1-2-6-16-10-14(20)18-12-9-11(15)4-5-13(12)19-8-3-7-17-19/h3-5,7-9,16H,2,6,10H2,1H3,(H,18,20). The Morgan fingerprint density at radius 3 is 3.00 bits per heavy atom. The predicted molar refractivity (Wildman–Crippen MR) is 80.4 cm³/mol. The van der Waals surface area contributed by atoms with Crippen molar-refractivity contribution in [1.82, 2.24) is 15.1 Å². The summed E-state index contributed by atoms with van der Waals surface area (Å²) >= 11 is 5.99. The minimum atomic E-state index is -0.103. The van der Waals surface area contributed by atoms with Gasteiger partial charge < -0.3 is 10.6 Å². The van der Waals surface area contributed by atoms with E-state index in [0.717, 1.165) is 18.7 Å². The second-order valence-electron chi connectivity index (χ2n) is 4.34. The molecule has 0 aliphatic heterocycles. The van der Waals surface area contributed by atoms with E-state index in [0.29, 0.717) is 10.7 Å². The van der Waals surface area contributed by atoms with E-state index < -0.39 is 0 Å². The maximum absolute atomic E-state index is 11.9. The molecule has 6 heteroatoms. The molecule has 0 saturated carbocycles. The van der Waals surface area contributed by atoms with E-state index in [1.165, 1.54) is 0 Å². The van der Waals surface area contributed by atoms with Crippen LogP contribution in [0.5, 0.6) is 0 Å². The van der Waals surface area contributed by atoms with E-state index in [4.69, 9.17) is 11.6 Å². The number of benzene rings is 1. The van der Waals surface area contributed by atoms with Gasteiger partial charge in [0, 0.05) is 17.4 Å². The highest BCUT2D eigenvalue weighted by atomic mass is 35.5. The molecule has 2 aromatic rings. The number of halogens is 1. The number of hydrogen-bond donors (Lipinski definition) is 2. The van der Waals surface area contributed by atoms with Gasteiger partial charge >= 0.3 is 0 Å². The van der Waals surface area contributed by atoms with E-state index in [9.17, 15) is 4.79 Å². The van der Waals surface area contributed by atoms with E-state index in [1.54, 1.807) is 23.0 Å². The number of aromatic nitrogens is 2. The zero-order chi connectivity index (χ0) is 14.4. The van der Waals surface area contributed by atoms with Crippen LogP contribution in [-0.2, 0) is 4.79 Å². The molecule has 0 saturated heterocycles. The SMILES string of the molecule is CCCNCC(=O)Nc1cc(Cl)ccc1-n1cccn1. The van der Waals surface area contributed by atoms with Crippen LogP contribution in [0.2, 0.25) is 5.02 Å². The molecule has 1 aromatic carbocycles. The van der Waals surface area contributed by atoms with Crippen molar-refractivity contribution in [2.24, 2.45) is 0 Å². The van der Waals surface area contributed by atoms with Gasteiger partial charge in [-0.15, -0.1) is 0 Å². The van der Waals surface area contributed by atoms with Crippen LogP contribution in [0.3, 0.4) is 0 Å². The Kier molecular flexibility index (Phi) is 5.15. The molecule has 0 atom stereocenters. The normalized spacial score (nSPS) is 10.5. The van der Waals surface area contributed by atoms with E-state index >= 15 is 0 Å². The molecule has 0 spiro atoms. The summed E-state index contributed by atoms with van der Waals surface area (Å²) in [6.07, 6.45) is 4.49. The number of carbonyl (C=O) groups excluding carboxylic acids is 1. The molecule has 1 heterocycles. The minimum Gasteiger partial charge on any atom is -0.323 e. The zero-order valence-electron chi connectivity index (χ0n) is 11.3. The van der Waals surface area contributed by atoms with Gasteiger partial charge in [-0.25, -0.2) is 4.68 Å². The summed E-state index contributed by atoms with van der Waals surface area (Å²) in [6.45, 7) is 3.14. The summed E-state index contributed by atoms with van der Waals surface area (Å²) in [5.74, 6) is -0.103. The van der Waals surface area contributed by atoms with Gasteiger partial charge in [-0.3, -0.25) is 4.79 Å². The van der Waals surface area contributed by atoms with Gasteiger partial charge in [0.25, 0.3) is 0 Å². The predicted octanol–water partition coefficient (Wildman–Crippen LogP) is 2.46. The van der Waals surface area contributed by atoms with Crippen LogP contribution in [0.1, 0.15) is 13.3 Å². The maximum atomic E-state index is 11.9. The van der Waals surface area contributed by atoms with Crippen molar-refractivity contribution in [3.63, 3.8) is 0 Å². The molecule has 106 valence electrons. The van der Waals surface area contributed by atoms with Crippen molar-refractivity contribution < 1.29 is 4.79 Å². The van der Waals surface area contributed by atoms with E-state index in [1.807, 2.05) is 18.3 Å². The van der Waals surface area contributed by atoms with Crippen LogP contribution < -0.4 is 10.6 Å². The number of amides is 1. The average molecular weight is 293 g/mol. The molecule has 0 fully saturated rings. The first-order valence-corrected chi connectivity index (χ1v) is 6.88. The third-order valence-corrected chi connectivity index (χ3v) is 2.93. The molecule has 5 nitrogen and oxygen atoms in total. The van der Waals surface area contributed by atoms with Crippen molar-refractivity contribution in [3.8, 4) is 5.69 Å². The van der Waals surface area contributed by atoms with Crippen LogP contribution in [-0.4, -0.2) is 28.8 Å². The number of nitrogens with zero attached hydrogens (tertiary/aromatic N) is 2. The highest BCUT2D eigenvalue weighted by Gasteiger charge is 2.09. The molecule has 0 unspecified atom stereocenters. The van der Waals surface area contributed by atoms with E-state index in [2.05, 4.69) is 22.7 Å². The molecule has 0 aliphatic rings. The molecule has 20 heavy (non-hydrogen) atoms. The molecule has 0 radical (unpaired) electrons. The lowest BCUT2D eigenvalue weighted by Gasteiger charge is -2.12. The second kappa shape index (κ2) is 7.07. The molecule has 2 rings (SSSR count). The van der Waals surface area contributed by atoms with Crippen molar-refractivity contribution >= 4 is 23.2 Å². The van der Waals surface area contributed by atoms with Crippen LogP contribution >= 0.6 is 11.6 Å². The summed E-state index contributed by atoms with van der Waals surface area (Å²) in [7, 11) is 0. The minimum absolute atomic E-state index is 0.103. The zero-order valence-corrected chi connectivity index (χ0v) is 12.0. The number of hydrogen-bond acceptors (Lipinski definition) is 3. The highest BCUT2D eigenvalue weighted by Crippen LogP contribution is 2.23.